The third kappa shape index (κ3) is 5.50. The largest absolute Gasteiger partial charge is 0.453 e. The number of ether oxygens (including phenoxy) is 1. The van der Waals surface area contributed by atoms with E-state index in [2.05, 4.69) is 4.74 Å². The van der Waals surface area contributed by atoms with E-state index in [-0.39, 0.29) is 6.61 Å². The van der Waals surface area contributed by atoms with Crippen molar-refractivity contribution >= 4 is 18.1 Å². The molecule has 0 aromatic carbocycles. The van der Waals surface area contributed by atoms with Crippen molar-refractivity contribution in [2.75, 3.05) is 6.61 Å². The van der Waals surface area contributed by atoms with Crippen LogP contribution in [-0.2, 0) is 9.53 Å². The standard InChI is InChI=1S/C5H6ClO2/c1-5(6)2-3-8-4-7/h2H,3H2,1H3/b5-2-. The predicted molar refractivity (Wildman–Crippen MR) is 31.3 cm³/mol. The summed E-state index contributed by atoms with van der Waals surface area (Å²) in [4.78, 5) is 9.37. The van der Waals surface area contributed by atoms with Gasteiger partial charge in [0.25, 0.3) is 0 Å². The Kier molecular flexibility index (Phi) is 4.36. The summed E-state index contributed by atoms with van der Waals surface area (Å²) in [7, 11) is 0. The molecule has 0 rings (SSSR count). The Morgan fingerprint density at radius 3 is 3.00 bits per heavy atom. The summed E-state index contributed by atoms with van der Waals surface area (Å²) >= 11 is 5.36. The van der Waals surface area contributed by atoms with Crippen molar-refractivity contribution in [2.24, 2.45) is 0 Å². The topological polar surface area (TPSA) is 26.3 Å². The fraction of sp³-hybridized carbons (Fsp3) is 0.400. The summed E-state index contributed by atoms with van der Waals surface area (Å²) in [5.41, 5.74) is 0. The molecule has 0 amide bonds. The summed E-state index contributed by atoms with van der Waals surface area (Å²) in [5.74, 6) is 0. The van der Waals surface area contributed by atoms with E-state index >= 15 is 0 Å². The Labute approximate surface area is 53.1 Å². The van der Waals surface area contributed by atoms with Crippen molar-refractivity contribution < 1.29 is 9.53 Å². The smallest absolute Gasteiger partial charge is 0.417 e. The van der Waals surface area contributed by atoms with E-state index < -0.39 is 0 Å². The maximum Gasteiger partial charge on any atom is 0.417 e. The number of halogens is 1. The molecule has 0 aromatic rings. The first-order valence-electron chi connectivity index (χ1n) is 2.08. The number of hydrogen-bond acceptors (Lipinski definition) is 2. The van der Waals surface area contributed by atoms with Crippen molar-refractivity contribution in [3.05, 3.63) is 11.1 Å². The first-order chi connectivity index (χ1) is 3.77. The van der Waals surface area contributed by atoms with E-state index in [1.807, 2.05) is 0 Å². The van der Waals surface area contributed by atoms with Crippen LogP contribution in [0.5, 0.6) is 0 Å². The average molecular weight is 134 g/mol. The maximum absolute atomic E-state index is 9.37. The second-order valence-electron chi connectivity index (χ2n) is 1.19. The molecule has 0 unspecified atom stereocenters. The Hall–Kier alpha value is -0.500. The molecule has 0 N–H and O–H groups in total. The molecule has 0 atom stereocenters. The van der Waals surface area contributed by atoms with Gasteiger partial charge in [-0.15, -0.1) is 0 Å². The van der Waals surface area contributed by atoms with Crippen molar-refractivity contribution in [3.8, 4) is 0 Å². The van der Waals surface area contributed by atoms with Crippen molar-refractivity contribution in [2.45, 2.75) is 6.92 Å². The van der Waals surface area contributed by atoms with Crippen molar-refractivity contribution in [3.63, 3.8) is 0 Å². The summed E-state index contributed by atoms with van der Waals surface area (Å²) in [6.07, 6.45) is 1.58. The quantitative estimate of drug-likeness (QED) is 0.541. The number of hydrogen-bond donors (Lipinski definition) is 0. The van der Waals surface area contributed by atoms with Gasteiger partial charge >= 0.3 is 6.47 Å². The monoisotopic (exact) mass is 133 g/mol. The molecule has 0 fully saturated rings. The molecule has 1 radical (unpaired) electrons. The fourth-order valence-corrected chi connectivity index (χ4v) is 0.254. The SMILES string of the molecule is C/C(Cl)=C/CO[C]=O. The third-order valence-electron chi connectivity index (χ3n) is 0.507. The molecule has 0 aliphatic rings. The lowest BCUT2D eigenvalue weighted by Gasteiger charge is -1.86. The Bertz CT molecular complexity index is 94.6. The van der Waals surface area contributed by atoms with Gasteiger partial charge in [0.1, 0.15) is 6.61 Å². The van der Waals surface area contributed by atoms with Gasteiger partial charge in [0.15, 0.2) is 0 Å². The fourth-order valence-electron chi connectivity index (χ4n) is 0.191. The summed E-state index contributed by atoms with van der Waals surface area (Å²) < 4.78 is 4.18. The lowest BCUT2D eigenvalue weighted by molar-refractivity contribution is 0.313. The van der Waals surface area contributed by atoms with Gasteiger partial charge in [-0.3, -0.25) is 0 Å². The summed E-state index contributed by atoms with van der Waals surface area (Å²) in [6, 6.07) is 0. The second-order valence-corrected chi connectivity index (χ2v) is 1.78. The Morgan fingerprint density at radius 1 is 2.00 bits per heavy atom. The zero-order valence-electron chi connectivity index (χ0n) is 4.48. The minimum atomic E-state index is 0.207. The van der Waals surface area contributed by atoms with E-state index in [1.165, 1.54) is 6.47 Å². The number of rotatable bonds is 3. The number of carbonyl (C=O) groups excluding carboxylic acids is 1. The van der Waals surface area contributed by atoms with Gasteiger partial charge in [-0.05, 0) is 13.0 Å². The molecule has 0 heterocycles. The molecule has 0 saturated carbocycles. The van der Waals surface area contributed by atoms with E-state index in [0.29, 0.717) is 5.03 Å². The highest BCUT2D eigenvalue weighted by Crippen LogP contribution is 1.95. The highest BCUT2D eigenvalue weighted by atomic mass is 35.5. The molecule has 0 aliphatic carbocycles. The summed E-state index contributed by atoms with van der Waals surface area (Å²) in [6.45, 7) is 3.18. The Morgan fingerprint density at radius 2 is 2.62 bits per heavy atom. The maximum atomic E-state index is 9.37. The Balaban J connectivity index is 3.15. The van der Waals surface area contributed by atoms with Crippen LogP contribution < -0.4 is 0 Å². The van der Waals surface area contributed by atoms with Crippen LogP contribution in [0.3, 0.4) is 0 Å². The van der Waals surface area contributed by atoms with Crippen LogP contribution >= 0.6 is 11.6 Å². The molecule has 0 bridgehead atoms. The van der Waals surface area contributed by atoms with E-state index in [9.17, 15) is 4.79 Å². The first-order valence-corrected chi connectivity index (χ1v) is 2.46. The molecule has 3 heteroatoms. The van der Waals surface area contributed by atoms with Crippen LogP contribution in [0.2, 0.25) is 0 Å². The van der Waals surface area contributed by atoms with Gasteiger partial charge < -0.3 is 4.74 Å². The zero-order chi connectivity index (χ0) is 6.41. The van der Waals surface area contributed by atoms with Crippen LogP contribution in [-0.4, -0.2) is 13.1 Å². The zero-order valence-corrected chi connectivity index (χ0v) is 5.23. The lowest BCUT2D eigenvalue weighted by Crippen LogP contribution is -1.85. The molecule has 45 valence electrons. The second kappa shape index (κ2) is 4.65. The normalized spacial score (nSPS) is 11.0. The molecule has 0 spiro atoms. The minimum absolute atomic E-state index is 0.207. The van der Waals surface area contributed by atoms with Crippen LogP contribution in [0.15, 0.2) is 11.1 Å². The average Bonchev–Trinajstić information content (AvgIpc) is 1.66. The predicted octanol–water partition coefficient (Wildman–Crippen LogP) is 1.21. The molecule has 2 nitrogen and oxygen atoms in total. The summed E-state index contributed by atoms with van der Waals surface area (Å²) in [5, 5.41) is 0.611. The molecule has 0 aliphatic heterocycles. The van der Waals surface area contributed by atoms with Gasteiger partial charge in [0.05, 0.1) is 0 Å². The van der Waals surface area contributed by atoms with E-state index in [0.717, 1.165) is 0 Å². The highest BCUT2D eigenvalue weighted by Gasteiger charge is 1.79. The lowest BCUT2D eigenvalue weighted by atomic mass is 10.5. The molecule has 0 saturated heterocycles. The van der Waals surface area contributed by atoms with Crippen LogP contribution in [0.1, 0.15) is 6.92 Å². The third-order valence-corrected chi connectivity index (χ3v) is 0.661. The van der Waals surface area contributed by atoms with E-state index in [1.54, 1.807) is 13.0 Å². The van der Waals surface area contributed by atoms with E-state index in [4.69, 9.17) is 11.6 Å². The van der Waals surface area contributed by atoms with Crippen LogP contribution in [0, 0.1) is 0 Å². The van der Waals surface area contributed by atoms with Gasteiger partial charge in [-0.1, -0.05) is 11.6 Å². The van der Waals surface area contributed by atoms with Crippen molar-refractivity contribution in [1.29, 1.82) is 0 Å². The molecule has 8 heavy (non-hydrogen) atoms. The number of allylic oxidation sites excluding steroid dienone is 1. The molecular formula is C5H6ClO2. The van der Waals surface area contributed by atoms with Crippen LogP contribution in [0.4, 0.5) is 0 Å². The van der Waals surface area contributed by atoms with Gasteiger partial charge in [-0.2, -0.15) is 0 Å². The van der Waals surface area contributed by atoms with Gasteiger partial charge in [-0.25, -0.2) is 4.79 Å². The minimum Gasteiger partial charge on any atom is -0.453 e. The first kappa shape index (κ1) is 7.50. The molecule has 0 aromatic heterocycles. The van der Waals surface area contributed by atoms with Gasteiger partial charge in [0, 0.05) is 5.03 Å². The van der Waals surface area contributed by atoms with Crippen LogP contribution in [0.25, 0.3) is 0 Å². The van der Waals surface area contributed by atoms with Gasteiger partial charge in [0.2, 0.25) is 0 Å². The van der Waals surface area contributed by atoms with Crippen molar-refractivity contribution in [1.82, 2.24) is 0 Å². The highest BCUT2D eigenvalue weighted by molar-refractivity contribution is 6.29. The molecular weight excluding hydrogens is 128 g/mol.